The molecule has 0 bridgehead atoms. The van der Waals surface area contributed by atoms with E-state index in [0.717, 1.165) is 24.8 Å². The van der Waals surface area contributed by atoms with E-state index < -0.39 is 0 Å². The largest absolute Gasteiger partial charge is 0.398 e. The number of nitrogens with two attached hydrogens (primary N) is 1. The number of pyridine rings is 1. The number of thioether (sulfide) groups is 1. The Hall–Kier alpha value is -1.49. The van der Waals surface area contributed by atoms with Crippen molar-refractivity contribution in [1.29, 1.82) is 0 Å². The summed E-state index contributed by atoms with van der Waals surface area (Å²) >= 11 is 1.86. The molecule has 2 aromatic rings. The molecule has 0 aliphatic rings. The number of unbranched alkanes of at least 4 members (excludes halogenated alkanes) is 2. The maximum Gasteiger partial charge on any atom is 0.150 e. The van der Waals surface area contributed by atoms with Gasteiger partial charge in [-0.2, -0.15) is 11.8 Å². The molecule has 0 aliphatic carbocycles. The highest BCUT2D eigenvalue weighted by Crippen LogP contribution is 2.29. The SMILES string of the molecule is CSCCCCCNc1c(F)cc(N)c2cccnc12. The minimum Gasteiger partial charge on any atom is -0.398 e. The molecule has 20 heavy (non-hydrogen) atoms. The summed E-state index contributed by atoms with van der Waals surface area (Å²) in [5.41, 5.74) is 7.32. The van der Waals surface area contributed by atoms with Gasteiger partial charge in [-0.25, -0.2) is 4.39 Å². The van der Waals surface area contributed by atoms with Gasteiger partial charge in [-0.05, 0) is 43.0 Å². The van der Waals surface area contributed by atoms with E-state index in [0.29, 0.717) is 16.9 Å². The lowest BCUT2D eigenvalue weighted by atomic mass is 10.1. The fourth-order valence-electron chi connectivity index (χ4n) is 2.17. The molecule has 0 amide bonds. The summed E-state index contributed by atoms with van der Waals surface area (Å²) in [5.74, 6) is 0.846. The molecule has 3 nitrogen and oxygen atoms in total. The number of nitrogens with zero attached hydrogens (tertiary/aromatic N) is 1. The molecule has 0 saturated carbocycles. The number of halogens is 1. The monoisotopic (exact) mass is 293 g/mol. The Morgan fingerprint density at radius 3 is 3.00 bits per heavy atom. The highest BCUT2D eigenvalue weighted by molar-refractivity contribution is 7.98. The number of anilines is 2. The molecule has 5 heteroatoms. The van der Waals surface area contributed by atoms with Crippen molar-refractivity contribution in [1.82, 2.24) is 4.98 Å². The summed E-state index contributed by atoms with van der Waals surface area (Å²) < 4.78 is 14.0. The summed E-state index contributed by atoms with van der Waals surface area (Å²) in [6.07, 6.45) is 7.14. The van der Waals surface area contributed by atoms with Crippen molar-refractivity contribution in [2.45, 2.75) is 19.3 Å². The van der Waals surface area contributed by atoms with Gasteiger partial charge in [0.25, 0.3) is 0 Å². The molecule has 1 aromatic carbocycles. The van der Waals surface area contributed by atoms with Gasteiger partial charge in [-0.15, -0.1) is 0 Å². The van der Waals surface area contributed by atoms with Crippen LogP contribution in [-0.2, 0) is 0 Å². The van der Waals surface area contributed by atoms with Gasteiger partial charge in [0, 0.05) is 23.8 Å². The van der Waals surface area contributed by atoms with Crippen molar-refractivity contribution in [3.8, 4) is 0 Å². The zero-order valence-electron chi connectivity index (χ0n) is 11.7. The predicted octanol–water partition coefficient (Wildman–Crippen LogP) is 3.90. The number of hydrogen-bond donors (Lipinski definition) is 2. The summed E-state index contributed by atoms with van der Waals surface area (Å²) in [6.45, 7) is 0.751. The van der Waals surface area contributed by atoms with Crippen LogP contribution in [0.5, 0.6) is 0 Å². The average molecular weight is 293 g/mol. The number of benzene rings is 1. The second-order valence-electron chi connectivity index (χ2n) is 4.70. The van der Waals surface area contributed by atoms with E-state index in [1.165, 1.54) is 18.2 Å². The van der Waals surface area contributed by atoms with Crippen molar-refractivity contribution in [2.75, 3.05) is 29.6 Å². The van der Waals surface area contributed by atoms with Gasteiger partial charge >= 0.3 is 0 Å². The van der Waals surface area contributed by atoms with Crippen LogP contribution in [0.4, 0.5) is 15.8 Å². The first-order valence-electron chi connectivity index (χ1n) is 6.79. The van der Waals surface area contributed by atoms with Crippen LogP contribution in [0.1, 0.15) is 19.3 Å². The van der Waals surface area contributed by atoms with Crippen LogP contribution in [0.2, 0.25) is 0 Å². The van der Waals surface area contributed by atoms with Crippen molar-refractivity contribution in [2.24, 2.45) is 0 Å². The summed E-state index contributed by atoms with van der Waals surface area (Å²) in [5, 5.41) is 3.95. The topological polar surface area (TPSA) is 50.9 Å². The molecule has 0 unspecified atom stereocenters. The van der Waals surface area contributed by atoms with Crippen LogP contribution in [0.3, 0.4) is 0 Å². The maximum atomic E-state index is 14.0. The minimum absolute atomic E-state index is 0.335. The van der Waals surface area contributed by atoms with E-state index in [1.807, 2.05) is 23.9 Å². The van der Waals surface area contributed by atoms with E-state index in [2.05, 4.69) is 16.6 Å². The van der Waals surface area contributed by atoms with Crippen LogP contribution in [0, 0.1) is 5.82 Å². The number of rotatable bonds is 7. The number of nitrogens with one attached hydrogen (secondary N) is 1. The van der Waals surface area contributed by atoms with Crippen LogP contribution < -0.4 is 11.1 Å². The third-order valence-electron chi connectivity index (χ3n) is 3.20. The van der Waals surface area contributed by atoms with Gasteiger partial charge in [-0.1, -0.05) is 6.42 Å². The first-order valence-corrected chi connectivity index (χ1v) is 8.19. The van der Waals surface area contributed by atoms with Gasteiger partial charge < -0.3 is 11.1 Å². The standard InChI is InChI=1S/C15H20FN3S/c1-20-9-4-2-3-7-19-15-12(16)10-13(17)11-6-5-8-18-14(11)15/h5-6,8,10,19H,2-4,7,9,17H2,1H3. The van der Waals surface area contributed by atoms with E-state index >= 15 is 0 Å². The number of aromatic nitrogens is 1. The van der Waals surface area contributed by atoms with E-state index in [1.54, 1.807) is 6.20 Å². The Balaban J connectivity index is 2.06. The van der Waals surface area contributed by atoms with E-state index in [9.17, 15) is 4.39 Å². The normalized spacial score (nSPS) is 10.9. The van der Waals surface area contributed by atoms with E-state index in [4.69, 9.17) is 5.73 Å². The molecule has 0 radical (unpaired) electrons. The summed E-state index contributed by atoms with van der Waals surface area (Å²) in [7, 11) is 0. The Morgan fingerprint density at radius 1 is 1.35 bits per heavy atom. The molecule has 0 saturated heterocycles. The van der Waals surface area contributed by atoms with Crippen LogP contribution >= 0.6 is 11.8 Å². The van der Waals surface area contributed by atoms with Crippen molar-refractivity contribution >= 4 is 34.0 Å². The molecule has 0 aliphatic heterocycles. The Bertz CT molecular complexity index is 574. The molecule has 1 heterocycles. The van der Waals surface area contributed by atoms with Gasteiger partial charge in [-0.3, -0.25) is 4.98 Å². The molecule has 108 valence electrons. The molecule has 3 N–H and O–H groups in total. The third-order valence-corrected chi connectivity index (χ3v) is 3.90. The van der Waals surface area contributed by atoms with Crippen molar-refractivity contribution < 1.29 is 4.39 Å². The molecule has 0 spiro atoms. The van der Waals surface area contributed by atoms with Gasteiger partial charge in [0.15, 0.2) is 5.82 Å². The third kappa shape index (κ3) is 3.54. The number of nitrogen functional groups attached to an aromatic ring is 1. The average Bonchev–Trinajstić information content (AvgIpc) is 2.45. The Labute approximate surface area is 123 Å². The maximum absolute atomic E-state index is 14.0. The van der Waals surface area contributed by atoms with Gasteiger partial charge in [0.1, 0.15) is 0 Å². The number of fused-ring (bicyclic) bond motifs is 1. The predicted molar refractivity (Wildman–Crippen MR) is 86.8 cm³/mol. The highest BCUT2D eigenvalue weighted by Gasteiger charge is 2.11. The quantitative estimate of drug-likeness (QED) is 0.600. The fraction of sp³-hybridized carbons (Fsp3) is 0.400. The Kier molecular flexibility index (Phi) is 5.47. The lowest BCUT2D eigenvalue weighted by Gasteiger charge is -2.11. The lowest BCUT2D eigenvalue weighted by Crippen LogP contribution is -2.06. The first kappa shape index (κ1) is 14.9. The molecule has 2 rings (SSSR count). The van der Waals surface area contributed by atoms with E-state index in [-0.39, 0.29) is 5.82 Å². The molecule has 1 aromatic heterocycles. The second kappa shape index (κ2) is 7.33. The smallest absolute Gasteiger partial charge is 0.150 e. The van der Waals surface area contributed by atoms with Crippen molar-refractivity contribution in [3.05, 3.63) is 30.2 Å². The minimum atomic E-state index is -0.335. The molecule has 0 fully saturated rings. The lowest BCUT2D eigenvalue weighted by molar-refractivity contribution is 0.630. The van der Waals surface area contributed by atoms with Crippen LogP contribution in [0.25, 0.3) is 10.9 Å². The summed E-state index contributed by atoms with van der Waals surface area (Å²) in [6, 6.07) is 5.03. The molecule has 0 atom stereocenters. The van der Waals surface area contributed by atoms with Gasteiger partial charge in [0.2, 0.25) is 0 Å². The Morgan fingerprint density at radius 2 is 2.20 bits per heavy atom. The van der Waals surface area contributed by atoms with Crippen LogP contribution in [0.15, 0.2) is 24.4 Å². The second-order valence-corrected chi connectivity index (χ2v) is 5.69. The van der Waals surface area contributed by atoms with Gasteiger partial charge in [0.05, 0.1) is 11.2 Å². The van der Waals surface area contributed by atoms with Crippen LogP contribution in [-0.4, -0.2) is 23.5 Å². The van der Waals surface area contributed by atoms with Crippen molar-refractivity contribution in [3.63, 3.8) is 0 Å². The first-order chi connectivity index (χ1) is 9.74. The zero-order chi connectivity index (χ0) is 14.4. The molecular formula is C15H20FN3S. The number of hydrogen-bond acceptors (Lipinski definition) is 4. The zero-order valence-corrected chi connectivity index (χ0v) is 12.5. The fourth-order valence-corrected chi connectivity index (χ4v) is 2.66. The molecular weight excluding hydrogens is 273 g/mol. The highest BCUT2D eigenvalue weighted by atomic mass is 32.2. The summed E-state index contributed by atoms with van der Waals surface area (Å²) in [4.78, 5) is 4.25.